The molecule has 2 aliphatic carbocycles. The molecule has 3 heteroatoms. The minimum absolute atomic E-state index is 0.145. The normalized spacial score (nSPS) is 27.3. The molecule has 1 aromatic heterocycles. The van der Waals surface area contributed by atoms with E-state index in [0.717, 1.165) is 18.4 Å². The minimum Gasteiger partial charge on any atom is -0.393 e. The van der Waals surface area contributed by atoms with Gasteiger partial charge in [0.2, 0.25) is 0 Å². The molecule has 0 saturated heterocycles. The monoisotopic (exact) mass is 247 g/mol. The summed E-state index contributed by atoms with van der Waals surface area (Å²) in [7, 11) is 0. The zero-order valence-corrected chi connectivity index (χ0v) is 11.1. The van der Waals surface area contributed by atoms with Crippen LogP contribution in [0.1, 0.15) is 68.5 Å². The Labute approximate surface area is 107 Å². The molecule has 0 amide bonds. The fourth-order valence-corrected chi connectivity index (χ4v) is 2.76. The third kappa shape index (κ3) is 2.01. The van der Waals surface area contributed by atoms with Crippen LogP contribution in [-0.2, 0) is 0 Å². The number of hydrogen-bond acceptors (Lipinski definition) is 2. The molecule has 18 heavy (non-hydrogen) atoms. The molecule has 1 aromatic rings. The maximum atomic E-state index is 12.4. The molecular weight excluding hydrogens is 226 g/mol. The molecule has 98 valence electrons. The largest absolute Gasteiger partial charge is 0.393 e. The van der Waals surface area contributed by atoms with Crippen molar-refractivity contribution in [1.82, 2.24) is 4.57 Å². The summed E-state index contributed by atoms with van der Waals surface area (Å²) in [6, 6.07) is 2.32. The second-order valence-electron chi connectivity index (χ2n) is 6.15. The van der Waals surface area contributed by atoms with Gasteiger partial charge < -0.3 is 9.67 Å². The number of aromatic nitrogens is 1. The molecular formula is C15H21NO2. The van der Waals surface area contributed by atoms with Gasteiger partial charge >= 0.3 is 0 Å². The standard InChI is InChI=1S/C15H21NO2/c1-9(2)14-5-11(10-3-4-10)8-16(15(14)18)12-6-13(17)7-12/h5,8-10,12-13,17H,3-4,6-7H2,1-2H3. The highest BCUT2D eigenvalue weighted by Crippen LogP contribution is 2.41. The molecule has 1 heterocycles. The molecule has 0 bridgehead atoms. The molecule has 0 atom stereocenters. The van der Waals surface area contributed by atoms with E-state index in [0.29, 0.717) is 5.92 Å². The van der Waals surface area contributed by atoms with Gasteiger partial charge in [-0.05, 0) is 49.1 Å². The molecule has 0 unspecified atom stereocenters. The maximum Gasteiger partial charge on any atom is 0.254 e. The summed E-state index contributed by atoms with van der Waals surface area (Å²) >= 11 is 0. The quantitative estimate of drug-likeness (QED) is 0.892. The lowest BCUT2D eigenvalue weighted by atomic mass is 9.88. The van der Waals surface area contributed by atoms with E-state index in [4.69, 9.17) is 0 Å². The van der Waals surface area contributed by atoms with Gasteiger partial charge in [-0.25, -0.2) is 0 Å². The fraction of sp³-hybridized carbons (Fsp3) is 0.667. The summed E-state index contributed by atoms with van der Waals surface area (Å²) in [6.07, 6.45) is 5.79. The van der Waals surface area contributed by atoms with Crippen LogP contribution < -0.4 is 5.56 Å². The first kappa shape index (κ1) is 12.0. The topological polar surface area (TPSA) is 42.2 Å². The van der Waals surface area contributed by atoms with Crippen LogP contribution in [0.25, 0.3) is 0 Å². The van der Waals surface area contributed by atoms with Gasteiger partial charge in [0.05, 0.1) is 6.10 Å². The number of nitrogens with zero attached hydrogens (tertiary/aromatic N) is 1. The van der Waals surface area contributed by atoms with Crippen LogP contribution in [0.15, 0.2) is 17.1 Å². The smallest absolute Gasteiger partial charge is 0.254 e. The van der Waals surface area contributed by atoms with Gasteiger partial charge in [0, 0.05) is 17.8 Å². The van der Waals surface area contributed by atoms with E-state index in [-0.39, 0.29) is 23.6 Å². The Morgan fingerprint density at radius 2 is 2.00 bits per heavy atom. The zero-order valence-electron chi connectivity index (χ0n) is 11.1. The highest BCUT2D eigenvalue weighted by atomic mass is 16.3. The lowest BCUT2D eigenvalue weighted by Crippen LogP contribution is -2.38. The first-order valence-electron chi connectivity index (χ1n) is 7.00. The van der Waals surface area contributed by atoms with Crippen molar-refractivity contribution in [3.05, 3.63) is 33.7 Å². The van der Waals surface area contributed by atoms with Crippen molar-refractivity contribution < 1.29 is 5.11 Å². The van der Waals surface area contributed by atoms with E-state index in [1.165, 1.54) is 18.4 Å². The van der Waals surface area contributed by atoms with Gasteiger partial charge in [0.1, 0.15) is 0 Å². The van der Waals surface area contributed by atoms with Crippen molar-refractivity contribution in [2.75, 3.05) is 0 Å². The van der Waals surface area contributed by atoms with Crippen LogP contribution in [0.3, 0.4) is 0 Å². The molecule has 0 aromatic carbocycles. The summed E-state index contributed by atoms with van der Waals surface area (Å²) in [5, 5.41) is 9.42. The molecule has 0 spiro atoms. The van der Waals surface area contributed by atoms with Gasteiger partial charge in [-0.3, -0.25) is 4.79 Å². The van der Waals surface area contributed by atoms with Gasteiger partial charge in [-0.2, -0.15) is 0 Å². The van der Waals surface area contributed by atoms with Crippen LogP contribution in [0, 0.1) is 0 Å². The number of pyridine rings is 1. The lowest BCUT2D eigenvalue weighted by molar-refractivity contribution is 0.0469. The van der Waals surface area contributed by atoms with Crippen molar-refractivity contribution in [3.8, 4) is 0 Å². The molecule has 0 aliphatic heterocycles. The van der Waals surface area contributed by atoms with Crippen molar-refractivity contribution in [2.24, 2.45) is 0 Å². The molecule has 3 rings (SSSR count). The minimum atomic E-state index is -0.214. The third-order valence-corrected chi connectivity index (χ3v) is 4.24. The summed E-state index contributed by atoms with van der Waals surface area (Å²) < 4.78 is 1.88. The Morgan fingerprint density at radius 3 is 2.50 bits per heavy atom. The van der Waals surface area contributed by atoms with Crippen LogP contribution in [0.2, 0.25) is 0 Å². The number of hydrogen-bond donors (Lipinski definition) is 1. The Kier molecular flexibility index (Phi) is 2.81. The molecule has 0 radical (unpaired) electrons. The van der Waals surface area contributed by atoms with Gasteiger partial charge in [-0.1, -0.05) is 13.8 Å². The van der Waals surface area contributed by atoms with E-state index in [2.05, 4.69) is 19.9 Å². The predicted molar refractivity (Wildman–Crippen MR) is 71.0 cm³/mol. The Balaban J connectivity index is 2.02. The third-order valence-electron chi connectivity index (χ3n) is 4.24. The summed E-state index contributed by atoms with van der Waals surface area (Å²) in [4.78, 5) is 12.4. The van der Waals surface area contributed by atoms with Crippen molar-refractivity contribution in [2.45, 2.75) is 63.5 Å². The number of aliphatic hydroxyl groups excluding tert-OH is 1. The number of rotatable bonds is 3. The highest BCUT2D eigenvalue weighted by Gasteiger charge is 2.32. The average molecular weight is 247 g/mol. The van der Waals surface area contributed by atoms with Crippen LogP contribution >= 0.6 is 0 Å². The number of aliphatic hydroxyl groups is 1. The molecule has 1 N–H and O–H groups in total. The van der Waals surface area contributed by atoms with Gasteiger partial charge in [-0.15, -0.1) is 0 Å². The predicted octanol–water partition coefficient (Wildman–Crippen LogP) is 2.54. The van der Waals surface area contributed by atoms with Crippen molar-refractivity contribution in [3.63, 3.8) is 0 Å². The lowest BCUT2D eigenvalue weighted by Gasteiger charge is -2.33. The van der Waals surface area contributed by atoms with Gasteiger partial charge in [0.15, 0.2) is 0 Å². The van der Waals surface area contributed by atoms with Crippen LogP contribution in [0.4, 0.5) is 0 Å². The first-order valence-corrected chi connectivity index (χ1v) is 7.00. The van der Waals surface area contributed by atoms with E-state index < -0.39 is 0 Å². The average Bonchev–Trinajstić information content (AvgIpc) is 3.09. The Bertz CT molecular complexity index is 508. The van der Waals surface area contributed by atoms with E-state index >= 15 is 0 Å². The van der Waals surface area contributed by atoms with Gasteiger partial charge in [0.25, 0.3) is 5.56 Å². The second kappa shape index (κ2) is 4.23. The highest BCUT2D eigenvalue weighted by molar-refractivity contribution is 5.28. The van der Waals surface area contributed by atoms with Crippen molar-refractivity contribution in [1.29, 1.82) is 0 Å². The van der Waals surface area contributed by atoms with Crippen LogP contribution in [-0.4, -0.2) is 15.8 Å². The zero-order chi connectivity index (χ0) is 12.9. The maximum absolute atomic E-state index is 12.4. The summed E-state index contributed by atoms with van der Waals surface area (Å²) in [5.41, 5.74) is 2.40. The van der Waals surface area contributed by atoms with Crippen LogP contribution in [0.5, 0.6) is 0 Å². The molecule has 2 saturated carbocycles. The van der Waals surface area contributed by atoms with E-state index in [9.17, 15) is 9.90 Å². The Hall–Kier alpha value is -1.09. The molecule has 2 aliphatic rings. The molecule has 2 fully saturated rings. The SMILES string of the molecule is CC(C)c1cc(C2CC2)cn(C2CC(O)C2)c1=O. The van der Waals surface area contributed by atoms with E-state index in [1.54, 1.807) is 0 Å². The first-order chi connectivity index (χ1) is 8.56. The second-order valence-corrected chi connectivity index (χ2v) is 6.15. The molecule has 3 nitrogen and oxygen atoms in total. The summed E-state index contributed by atoms with van der Waals surface area (Å²) in [5.74, 6) is 0.937. The fourth-order valence-electron chi connectivity index (χ4n) is 2.76. The van der Waals surface area contributed by atoms with E-state index in [1.807, 2.05) is 10.8 Å². The summed E-state index contributed by atoms with van der Waals surface area (Å²) in [6.45, 7) is 4.15. The Morgan fingerprint density at radius 1 is 1.33 bits per heavy atom. The van der Waals surface area contributed by atoms with Crippen molar-refractivity contribution >= 4 is 0 Å².